The maximum absolute atomic E-state index is 4.46. The summed E-state index contributed by atoms with van der Waals surface area (Å²) in [6.45, 7) is 7.30. The number of aromatic nitrogens is 1. The van der Waals surface area contributed by atoms with E-state index in [9.17, 15) is 0 Å². The third kappa shape index (κ3) is 4.15. The highest BCUT2D eigenvalue weighted by molar-refractivity contribution is 7.07. The Morgan fingerprint density at radius 2 is 2.00 bits per heavy atom. The minimum Gasteiger partial charge on any atom is -0.310 e. The molecule has 0 saturated heterocycles. The molecule has 0 fully saturated rings. The molecular formula is C16H22N2S. The molecule has 0 radical (unpaired) electrons. The Bertz CT molecular complexity index is 485. The van der Waals surface area contributed by atoms with Gasteiger partial charge in [0.1, 0.15) is 0 Å². The quantitative estimate of drug-likeness (QED) is 0.860. The first-order chi connectivity index (χ1) is 9.19. The lowest BCUT2D eigenvalue weighted by atomic mass is 9.99. The molecule has 1 N–H and O–H groups in total. The van der Waals surface area contributed by atoms with Gasteiger partial charge in [-0.15, -0.1) is 0 Å². The van der Waals surface area contributed by atoms with E-state index in [1.165, 1.54) is 11.1 Å². The zero-order valence-electron chi connectivity index (χ0n) is 11.9. The van der Waals surface area contributed by atoms with Crippen LogP contribution in [0.4, 0.5) is 0 Å². The summed E-state index contributed by atoms with van der Waals surface area (Å²) in [7, 11) is 0. The van der Waals surface area contributed by atoms with Crippen LogP contribution < -0.4 is 5.32 Å². The molecule has 0 bridgehead atoms. The van der Waals surface area contributed by atoms with Gasteiger partial charge in [-0.05, 0) is 73.3 Å². The maximum Gasteiger partial charge on any atom is 0.0379 e. The van der Waals surface area contributed by atoms with Gasteiger partial charge in [0.25, 0.3) is 0 Å². The van der Waals surface area contributed by atoms with E-state index >= 15 is 0 Å². The molecule has 0 aliphatic rings. The van der Waals surface area contributed by atoms with Gasteiger partial charge in [0.2, 0.25) is 0 Å². The lowest BCUT2D eigenvalue weighted by Gasteiger charge is -2.19. The van der Waals surface area contributed by atoms with Gasteiger partial charge < -0.3 is 5.32 Å². The average molecular weight is 274 g/mol. The number of rotatable bonds is 6. The Labute approximate surface area is 119 Å². The number of hydrogen-bond acceptors (Lipinski definition) is 3. The molecule has 2 rings (SSSR count). The molecule has 0 spiro atoms. The van der Waals surface area contributed by atoms with Gasteiger partial charge in [-0.1, -0.05) is 6.92 Å². The Hall–Kier alpha value is -1.19. The number of thiophene rings is 1. The van der Waals surface area contributed by atoms with Crippen LogP contribution in [0.5, 0.6) is 0 Å². The number of hydrogen-bond donors (Lipinski definition) is 1. The largest absolute Gasteiger partial charge is 0.310 e. The van der Waals surface area contributed by atoms with Gasteiger partial charge in [0, 0.05) is 17.4 Å². The van der Waals surface area contributed by atoms with Crippen molar-refractivity contribution in [1.29, 1.82) is 0 Å². The zero-order chi connectivity index (χ0) is 13.7. The minimum absolute atomic E-state index is 0.422. The van der Waals surface area contributed by atoms with Crippen LogP contribution in [-0.4, -0.2) is 11.5 Å². The van der Waals surface area contributed by atoms with E-state index in [1.807, 2.05) is 0 Å². The molecule has 102 valence electrons. The van der Waals surface area contributed by atoms with Crippen LogP contribution in [0.3, 0.4) is 0 Å². The van der Waals surface area contributed by atoms with E-state index in [1.54, 1.807) is 11.3 Å². The van der Waals surface area contributed by atoms with Gasteiger partial charge in [-0.25, -0.2) is 0 Å². The molecular weight excluding hydrogens is 252 g/mol. The highest BCUT2D eigenvalue weighted by Gasteiger charge is 2.11. The topological polar surface area (TPSA) is 24.9 Å². The molecule has 2 nitrogen and oxygen atoms in total. The third-order valence-electron chi connectivity index (χ3n) is 3.26. The van der Waals surface area contributed by atoms with Crippen molar-refractivity contribution in [2.45, 2.75) is 39.7 Å². The number of pyridine rings is 1. The summed E-state index contributed by atoms with van der Waals surface area (Å²) in [4.78, 5) is 4.46. The molecule has 0 amide bonds. The summed E-state index contributed by atoms with van der Waals surface area (Å²) in [5, 5.41) is 7.98. The SMILES string of the molecule is CCNC(CCc1ccsc1)c1cc(C)nc(C)c1. The molecule has 0 aliphatic carbocycles. The predicted molar refractivity (Wildman–Crippen MR) is 82.8 cm³/mol. The smallest absolute Gasteiger partial charge is 0.0379 e. The first-order valence-electron chi connectivity index (χ1n) is 6.88. The first-order valence-corrected chi connectivity index (χ1v) is 7.83. The first kappa shape index (κ1) is 14.2. The van der Waals surface area contributed by atoms with Crippen LogP contribution in [0.1, 0.15) is 41.9 Å². The fourth-order valence-corrected chi connectivity index (χ4v) is 3.15. The van der Waals surface area contributed by atoms with Crippen LogP contribution in [-0.2, 0) is 6.42 Å². The molecule has 3 heteroatoms. The molecule has 0 aromatic carbocycles. The van der Waals surface area contributed by atoms with E-state index in [4.69, 9.17) is 0 Å². The summed E-state index contributed by atoms with van der Waals surface area (Å²) < 4.78 is 0. The molecule has 0 saturated carbocycles. The van der Waals surface area contributed by atoms with Gasteiger partial charge in [-0.2, -0.15) is 11.3 Å². The number of nitrogens with zero attached hydrogens (tertiary/aromatic N) is 1. The molecule has 2 aromatic heterocycles. The minimum atomic E-state index is 0.422. The van der Waals surface area contributed by atoms with Crippen molar-refractivity contribution >= 4 is 11.3 Å². The van der Waals surface area contributed by atoms with Crippen molar-refractivity contribution in [3.63, 3.8) is 0 Å². The number of nitrogens with one attached hydrogen (secondary N) is 1. The lowest BCUT2D eigenvalue weighted by molar-refractivity contribution is 0.514. The van der Waals surface area contributed by atoms with Crippen LogP contribution in [0.15, 0.2) is 29.0 Å². The second kappa shape index (κ2) is 6.83. The Morgan fingerprint density at radius 3 is 2.58 bits per heavy atom. The van der Waals surface area contributed by atoms with E-state index in [0.29, 0.717) is 6.04 Å². The number of aryl methyl sites for hydroxylation is 3. The predicted octanol–water partition coefficient (Wildman–Crippen LogP) is 4.04. The summed E-state index contributed by atoms with van der Waals surface area (Å²) in [5.74, 6) is 0. The van der Waals surface area contributed by atoms with Crippen molar-refractivity contribution in [2.75, 3.05) is 6.54 Å². The molecule has 2 aromatic rings. The maximum atomic E-state index is 4.46. The summed E-state index contributed by atoms with van der Waals surface area (Å²) >= 11 is 1.77. The fourth-order valence-electron chi connectivity index (χ4n) is 2.45. The van der Waals surface area contributed by atoms with Crippen LogP contribution in [0, 0.1) is 13.8 Å². The van der Waals surface area contributed by atoms with Crippen molar-refractivity contribution < 1.29 is 0 Å². The van der Waals surface area contributed by atoms with Crippen LogP contribution in [0.25, 0.3) is 0 Å². The van der Waals surface area contributed by atoms with Crippen molar-refractivity contribution in [3.8, 4) is 0 Å². The second-order valence-corrected chi connectivity index (χ2v) is 5.74. The highest BCUT2D eigenvalue weighted by atomic mass is 32.1. The third-order valence-corrected chi connectivity index (χ3v) is 3.99. The normalized spacial score (nSPS) is 12.6. The van der Waals surface area contributed by atoms with E-state index in [-0.39, 0.29) is 0 Å². The van der Waals surface area contributed by atoms with E-state index in [0.717, 1.165) is 30.8 Å². The molecule has 1 unspecified atom stereocenters. The molecule has 1 atom stereocenters. The van der Waals surface area contributed by atoms with Crippen molar-refractivity contribution in [1.82, 2.24) is 10.3 Å². The summed E-state index contributed by atoms with van der Waals surface area (Å²) in [6, 6.07) is 7.05. The molecule has 0 aliphatic heterocycles. The fraction of sp³-hybridized carbons (Fsp3) is 0.438. The Kier molecular flexibility index (Phi) is 5.11. The Balaban J connectivity index is 2.09. The monoisotopic (exact) mass is 274 g/mol. The lowest BCUT2D eigenvalue weighted by Crippen LogP contribution is -2.21. The van der Waals surface area contributed by atoms with Gasteiger partial charge >= 0.3 is 0 Å². The zero-order valence-corrected chi connectivity index (χ0v) is 12.8. The highest BCUT2D eigenvalue weighted by Crippen LogP contribution is 2.21. The van der Waals surface area contributed by atoms with Crippen LogP contribution in [0.2, 0.25) is 0 Å². The Morgan fingerprint density at radius 1 is 1.26 bits per heavy atom. The van der Waals surface area contributed by atoms with Crippen molar-refractivity contribution in [2.24, 2.45) is 0 Å². The summed E-state index contributed by atoms with van der Waals surface area (Å²) in [5.41, 5.74) is 5.01. The van der Waals surface area contributed by atoms with E-state index < -0.39 is 0 Å². The van der Waals surface area contributed by atoms with E-state index in [2.05, 4.69) is 60.0 Å². The van der Waals surface area contributed by atoms with Gasteiger partial charge in [0.05, 0.1) is 0 Å². The average Bonchev–Trinajstić information content (AvgIpc) is 2.86. The van der Waals surface area contributed by atoms with Gasteiger partial charge in [-0.3, -0.25) is 4.98 Å². The second-order valence-electron chi connectivity index (χ2n) is 4.96. The summed E-state index contributed by atoms with van der Waals surface area (Å²) in [6.07, 6.45) is 2.26. The standard InChI is InChI=1S/C16H22N2S/c1-4-17-16(6-5-14-7-8-19-11-14)15-9-12(2)18-13(3)10-15/h7-11,16-17H,4-6H2,1-3H3. The molecule has 19 heavy (non-hydrogen) atoms. The molecule has 2 heterocycles. The van der Waals surface area contributed by atoms with Gasteiger partial charge in [0.15, 0.2) is 0 Å². The van der Waals surface area contributed by atoms with Crippen molar-refractivity contribution in [3.05, 3.63) is 51.5 Å². The van der Waals surface area contributed by atoms with Crippen LogP contribution >= 0.6 is 11.3 Å².